The van der Waals surface area contributed by atoms with Gasteiger partial charge in [0.2, 0.25) is 41.4 Å². The van der Waals surface area contributed by atoms with Gasteiger partial charge in [-0.2, -0.15) is 0 Å². The van der Waals surface area contributed by atoms with Gasteiger partial charge in [-0.3, -0.25) is 43.2 Å². The fourth-order valence-corrected chi connectivity index (χ4v) is 9.65. The lowest BCUT2D eigenvalue weighted by molar-refractivity contribution is -0.136. The predicted molar refractivity (Wildman–Crippen MR) is 304 cm³/mol. The lowest BCUT2D eigenvalue weighted by Gasteiger charge is -2.28. The molecule has 440 valence electrons. The van der Waals surface area contributed by atoms with Crippen molar-refractivity contribution in [2.75, 3.05) is 31.9 Å². The van der Waals surface area contributed by atoms with Gasteiger partial charge in [0.05, 0.1) is 12.1 Å². The Morgan fingerprint density at radius 1 is 0.608 bits per heavy atom. The minimum Gasteiger partial charge on any atom is -0.399 e. The summed E-state index contributed by atoms with van der Waals surface area (Å²) in [5.41, 5.74) is 25.5. The zero-order valence-corrected chi connectivity index (χ0v) is 47.3. The van der Waals surface area contributed by atoms with Gasteiger partial charge in [-0.15, -0.1) is 0 Å². The van der Waals surface area contributed by atoms with E-state index in [0.717, 1.165) is 32.1 Å². The molecule has 21 heteroatoms. The van der Waals surface area contributed by atoms with Crippen molar-refractivity contribution in [1.29, 1.82) is 0 Å². The quantitative estimate of drug-likeness (QED) is 0.0473. The van der Waals surface area contributed by atoms with Crippen LogP contribution < -0.4 is 60.2 Å². The van der Waals surface area contributed by atoms with Gasteiger partial charge in [-0.25, -0.2) is 0 Å². The molecule has 1 aliphatic rings. The number of hydrogen-bond acceptors (Lipinski definition) is 14. The number of nitrogen functional groups attached to an aromatic ring is 1. The van der Waals surface area contributed by atoms with Crippen molar-refractivity contribution < 1.29 is 48.3 Å². The van der Waals surface area contributed by atoms with Crippen LogP contribution in [-0.2, 0) is 56.0 Å². The van der Waals surface area contributed by atoms with Gasteiger partial charge >= 0.3 is 0 Å². The molecule has 21 nitrogen and oxygen atoms in total. The standard InChI is InChI=1S/C58H93N11O10/c1-6-7-8-9-13-16-43(70)35-44(71)33-40(21-25-59)53(74)65-47-24-28-63-52(73)41(29-36(2)3)34-51(72)45(22-26-60)64-54(75)46(23-27-61)66-56(77)48(30-37(4)5)67-57(78)49(31-38-14-11-10-12-15-38)69-58(79)50(68-55(47)76)32-39-17-19-42(62)20-18-39/h10-12,14-15,17-20,36-37,40-41,43,45-50,70H,6-9,13,16,21-35,59-62H2,1-5H3,(H,63,73)(H,64,75)(H,65,74)(H,66,77)(H,67,78)(H,68,76)(H,69,79)/t40-,41+,43+,45-,46-,47-,48-,49+,50-/m0/s1. The van der Waals surface area contributed by atoms with E-state index in [4.69, 9.17) is 22.9 Å². The van der Waals surface area contributed by atoms with Crippen LogP contribution in [0.25, 0.3) is 0 Å². The normalized spacial score (nSPS) is 22.4. The molecular weight excluding hydrogens is 1010 g/mol. The number of benzene rings is 2. The fraction of sp³-hybridized carbons (Fsp3) is 0.638. The summed E-state index contributed by atoms with van der Waals surface area (Å²) in [6.07, 6.45) is 3.65. The summed E-state index contributed by atoms with van der Waals surface area (Å²) >= 11 is 0. The van der Waals surface area contributed by atoms with Gasteiger partial charge < -0.3 is 65.3 Å². The average molecular weight is 1100 g/mol. The van der Waals surface area contributed by atoms with Crippen LogP contribution in [0.15, 0.2) is 54.6 Å². The highest BCUT2D eigenvalue weighted by atomic mass is 16.3. The van der Waals surface area contributed by atoms with E-state index >= 15 is 0 Å². The molecule has 79 heavy (non-hydrogen) atoms. The summed E-state index contributed by atoms with van der Waals surface area (Å²) in [6.45, 7) is 9.31. The van der Waals surface area contributed by atoms with Crippen molar-refractivity contribution in [2.24, 2.45) is 40.9 Å². The van der Waals surface area contributed by atoms with Crippen molar-refractivity contribution in [3.63, 3.8) is 0 Å². The maximum Gasteiger partial charge on any atom is 0.243 e. The topological polar surface area (TPSA) is 362 Å². The molecule has 0 aliphatic carbocycles. The minimum atomic E-state index is -1.44. The molecule has 7 amide bonds. The number of Topliss-reactive ketones (excluding diaryl/α,β-unsaturated/α-hetero) is 2. The van der Waals surface area contributed by atoms with E-state index in [1.54, 1.807) is 54.6 Å². The molecule has 0 spiro atoms. The lowest BCUT2D eigenvalue weighted by atomic mass is 9.89. The van der Waals surface area contributed by atoms with Crippen LogP contribution in [0.5, 0.6) is 0 Å². The van der Waals surface area contributed by atoms with Crippen LogP contribution in [0.3, 0.4) is 0 Å². The Morgan fingerprint density at radius 3 is 1.73 bits per heavy atom. The maximum absolute atomic E-state index is 14.8. The largest absolute Gasteiger partial charge is 0.399 e. The molecule has 1 aliphatic heterocycles. The Balaban J connectivity index is 2.18. The molecule has 0 unspecified atom stereocenters. The number of anilines is 1. The van der Waals surface area contributed by atoms with Crippen LogP contribution in [-0.4, -0.2) is 127 Å². The number of nitrogens with one attached hydrogen (secondary N) is 7. The first-order chi connectivity index (χ1) is 37.7. The third-order valence-electron chi connectivity index (χ3n) is 14.0. The maximum atomic E-state index is 14.8. The van der Waals surface area contributed by atoms with Crippen LogP contribution >= 0.6 is 0 Å². The molecule has 3 rings (SSSR count). The van der Waals surface area contributed by atoms with Crippen LogP contribution in [0.1, 0.15) is 142 Å². The number of hydrogen-bond donors (Lipinski definition) is 12. The number of rotatable bonds is 26. The predicted octanol–water partition coefficient (Wildman–Crippen LogP) is 1.88. The molecule has 16 N–H and O–H groups in total. The van der Waals surface area contributed by atoms with E-state index in [2.05, 4.69) is 44.1 Å². The van der Waals surface area contributed by atoms with Crippen LogP contribution in [0, 0.1) is 23.7 Å². The number of ketones is 2. The van der Waals surface area contributed by atoms with E-state index in [9.17, 15) is 48.3 Å². The van der Waals surface area contributed by atoms with Crippen molar-refractivity contribution >= 4 is 58.6 Å². The Hall–Kier alpha value is -6.29. The third-order valence-corrected chi connectivity index (χ3v) is 14.0. The fourth-order valence-electron chi connectivity index (χ4n) is 9.65. The lowest BCUT2D eigenvalue weighted by Crippen LogP contribution is -2.60. The summed E-state index contributed by atoms with van der Waals surface area (Å²) in [4.78, 5) is 128. The van der Waals surface area contributed by atoms with Gasteiger partial charge in [0.25, 0.3) is 0 Å². The Kier molecular flexibility index (Phi) is 30.6. The number of carbonyl (C=O) groups is 9. The molecule has 0 bridgehead atoms. The molecule has 0 saturated carbocycles. The van der Waals surface area contributed by atoms with Gasteiger partial charge in [0, 0.05) is 56.2 Å². The van der Waals surface area contributed by atoms with E-state index in [1.807, 2.05) is 27.7 Å². The molecule has 1 fully saturated rings. The third kappa shape index (κ3) is 25.2. The SMILES string of the molecule is CCCCCCC[C@@H](O)CC(=O)C[C@H](CCN)C(=O)N[C@H]1CCNC(=O)[C@H](CC(C)C)CC(=O)[C@H](CCN)NC(=O)[C@H](CCN)NC(=O)[C@H](CC(C)C)NC(=O)[C@@H](Cc2ccccc2)NC(=O)[C@H](Cc2ccc(N)cc2)NC1=O. The molecule has 1 saturated heterocycles. The molecule has 0 aromatic heterocycles. The van der Waals surface area contributed by atoms with Gasteiger partial charge in [-0.05, 0) is 99.7 Å². The zero-order chi connectivity index (χ0) is 58.4. The molecule has 0 radical (unpaired) electrons. The van der Waals surface area contributed by atoms with E-state index in [1.165, 1.54) is 0 Å². The first kappa shape index (κ1) is 67.0. The van der Waals surface area contributed by atoms with Crippen molar-refractivity contribution in [3.8, 4) is 0 Å². The number of carbonyl (C=O) groups excluding carboxylic acids is 9. The van der Waals surface area contributed by atoms with Crippen LogP contribution in [0.4, 0.5) is 5.69 Å². The Bertz CT molecular complexity index is 2250. The highest BCUT2D eigenvalue weighted by Gasteiger charge is 2.36. The second-order valence-corrected chi connectivity index (χ2v) is 21.9. The second kappa shape index (κ2) is 36.1. The molecule has 9 atom stereocenters. The van der Waals surface area contributed by atoms with E-state index < -0.39 is 101 Å². The first-order valence-corrected chi connectivity index (χ1v) is 28.5. The average Bonchev–Trinajstić information content (AvgIpc) is 3.39. The van der Waals surface area contributed by atoms with E-state index in [-0.39, 0.29) is 114 Å². The first-order valence-electron chi connectivity index (χ1n) is 28.5. The monoisotopic (exact) mass is 1100 g/mol. The molecule has 1 heterocycles. The van der Waals surface area contributed by atoms with Crippen LogP contribution in [0.2, 0.25) is 0 Å². The van der Waals surface area contributed by atoms with Gasteiger partial charge in [0.15, 0.2) is 5.78 Å². The van der Waals surface area contributed by atoms with Gasteiger partial charge in [-0.1, -0.05) is 109 Å². The number of aliphatic hydroxyl groups is 1. The highest BCUT2D eigenvalue weighted by molar-refractivity contribution is 5.98. The summed E-state index contributed by atoms with van der Waals surface area (Å²) in [5.74, 6) is -8.05. The number of aliphatic hydroxyl groups excluding tert-OH is 1. The molecule has 2 aromatic carbocycles. The molecule has 2 aromatic rings. The smallest absolute Gasteiger partial charge is 0.243 e. The summed E-state index contributed by atoms with van der Waals surface area (Å²) < 4.78 is 0. The van der Waals surface area contributed by atoms with E-state index in [0.29, 0.717) is 23.2 Å². The minimum absolute atomic E-state index is 0.00766. The summed E-state index contributed by atoms with van der Waals surface area (Å²) in [5, 5.41) is 30.2. The number of amides is 7. The second-order valence-electron chi connectivity index (χ2n) is 21.9. The Morgan fingerprint density at radius 2 is 1.14 bits per heavy atom. The summed E-state index contributed by atoms with van der Waals surface area (Å²) in [7, 11) is 0. The number of nitrogens with two attached hydrogens (primary N) is 4. The van der Waals surface area contributed by atoms with Crippen molar-refractivity contribution in [3.05, 3.63) is 65.7 Å². The Labute approximate surface area is 467 Å². The highest BCUT2D eigenvalue weighted by Crippen LogP contribution is 2.20. The van der Waals surface area contributed by atoms with Gasteiger partial charge in [0.1, 0.15) is 36.0 Å². The van der Waals surface area contributed by atoms with Crippen molar-refractivity contribution in [2.45, 2.75) is 186 Å². The number of unbranched alkanes of at least 4 members (excludes halogenated alkanes) is 4. The molecular formula is C58H93N11O10. The summed E-state index contributed by atoms with van der Waals surface area (Å²) in [6, 6.07) is 7.60. The van der Waals surface area contributed by atoms with Crippen molar-refractivity contribution in [1.82, 2.24) is 37.2 Å². The zero-order valence-electron chi connectivity index (χ0n) is 47.3.